The summed E-state index contributed by atoms with van der Waals surface area (Å²) in [7, 11) is -3.87. The van der Waals surface area contributed by atoms with Crippen LogP contribution in [-0.4, -0.2) is 25.5 Å². The Hall–Kier alpha value is -1.40. The van der Waals surface area contributed by atoms with E-state index in [1.54, 1.807) is 20.8 Å². The van der Waals surface area contributed by atoms with Crippen LogP contribution in [0.1, 0.15) is 41.2 Å². The Morgan fingerprint density at radius 2 is 1.38 bits per heavy atom. The van der Waals surface area contributed by atoms with Crippen LogP contribution < -0.4 is 4.72 Å². The second-order valence-electron chi connectivity index (χ2n) is 5.37. The van der Waals surface area contributed by atoms with Gasteiger partial charge in [-0.3, -0.25) is 4.79 Å². The summed E-state index contributed by atoms with van der Waals surface area (Å²) in [6, 6.07) is -1.12. The van der Waals surface area contributed by atoms with Crippen molar-refractivity contribution in [1.82, 2.24) is 4.72 Å². The summed E-state index contributed by atoms with van der Waals surface area (Å²) >= 11 is 0. The maximum absolute atomic E-state index is 12.6. The van der Waals surface area contributed by atoms with Gasteiger partial charge in [0.25, 0.3) is 0 Å². The molecule has 0 heterocycles. The highest BCUT2D eigenvalue weighted by molar-refractivity contribution is 7.89. The van der Waals surface area contributed by atoms with Crippen LogP contribution in [0.2, 0.25) is 0 Å². The van der Waals surface area contributed by atoms with E-state index in [1.807, 2.05) is 20.8 Å². The molecular formula is C15H23NO4S. The van der Waals surface area contributed by atoms with Crippen molar-refractivity contribution < 1.29 is 18.3 Å². The van der Waals surface area contributed by atoms with Gasteiger partial charge in [0.2, 0.25) is 10.0 Å². The van der Waals surface area contributed by atoms with Crippen LogP contribution in [0.25, 0.3) is 0 Å². The standard InChI is InChI=1S/C15H23NO4S/c1-7-13(15(17)18)16-21(19,20)14-11(5)9(3)8(2)10(4)12(14)6/h13,16H,7H2,1-6H3,(H,17,18). The van der Waals surface area contributed by atoms with Gasteiger partial charge in [0, 0.05) is 0 Å². The minimum Gasteiger partial charge on any atom is -0.480 e. The normalized spacial score (nSPS) is 13.2. The smallest absolute Gasteiger partial charge is 0.321 e. The first-order valence-electron chi connectivity index (χ1n) is 6.86. The minimum atomic E-state index is -3.87. The van der Waals surface area contributed by atoms with E-state index in [0.29, 0.717) is 11.1 Å². The van der Waals surface area contributed by atoms with E-state index in [1.165, 1.54) is 0 Å². The highest BCUT2D eigenvalue weighted by atomic mass is 32.2. The number of aliphatic carboxylic acids is 1. The number of hydrogen-bond donors (Lipinski definition) is 2. The maximum atomic E-state index is 12.6. The first-order chi connectivity index (χ1) is 9.54. The summed E-state index contributed by atoms with van der Waals surface area (Å²) in [5.74, 6) is -1.17. The van der Waals surface area contributed by atoms with E-state index in [2.05, 4.69) is 4.72 Å². The van der Waals surface area contributed by atoms with E-state index in [-0.39, 0.29) is 11.3 Å². The molecule has 0 saturated carbocycles. The van der Waals surface area contributed by atoms with Gasteiger partial charge >= 0.3 is 5.97 Å². The zero-order valence-electron chi connectivity index (χ0n) is 13.4. The molecule has 0 bridgehead atoms. The molecule has 0 amide bonds. The van der Waals surface area contributed by atoms with Crippen molar-refractivity contribution in [2.45, 2.75) is 58.9 Å². The van der Waals surface area contributed by atoms with E-state index in [4.69, 9.17) is 5.11 Å². The van der Waals surface area contributed by atoms with Gasteiger partial charge in [-0.05, 0) is 68.9 Å². The zero-order chi connectivity index (χ0) is 16.5. The molecule has 2 N–H and O–H groups in total. The Morgan fingerprint density at radius 3 is 1.71 bits per heavy atom. The molecule has 0 aliphatic carbocycles. The minimum absolute atomic E-state index is 0.191. The van der Waals surface area contributed by atoms with Crippen molar-refractivity contribution in [2.24, 2.45) is 0 Å². The topological polar surface area (TPSA) is 83.5 Å². The average molecular weight is 313 g/mol. The van der Waals surface area contributed by atoms with Gasteiger partial charge < -0.3 is 5.11 Å². The molecule has 1 atom stereocenters. The second-order valence-corrected chi connectivity index (χ2v) is 7.03. The second kappa shape index (κ2) is 6.15. The molecule has 1 aromatic carbocycles. The van der Waals surface area contributed by atoms with Crippen molar-refractivity contribution in [1.29, 1.82) is 0 Å². The van der Waals surface area contributed by atoms with Gasteiger partial charge in [-0.2, -0.15) is 4.72 Å². The molecule has 21 heavy (non-hydrogen) atoms. The Balaban J connectivity index is 3.50. The number of sulfonamides is 1. The van der Waals surface area contributed by atoms with Gasteiger partial charge in [0.15, 0.2) is 0 Å². The fraction of sp³-hybridized carbons (Fsp3) is 0.533. The fourth-order valence-corrected chi connectivity index (χ4v) is 4.30. The molecule has 0 radical (unpaired) electrons. The summed E-state index contributed by atoms with van der Waals surface area (Å²) in [6.45, 7) is 10.9. The molecule has 0 aliphatic rings. The third-order valence-electron chi connectivity index (χ3n) is 4.20. The lowest BCUT2D eigenvalue weighted by Crippen LogP contribution is -2.40. The molecule has 5 nitrogen and oxygen atoms in total. The number of benzene rings is 1. The van der Waals surface area contributed by atoms with Gasteiger partial charge in [-0.15, -0.1) is 0 Å². The van der Waals surface area contributed by atoms with E-state index >= 15 is 0 Å². The van der Waals surface area contributed by atoms with E-state index in [0.717, 1.165) is 16.7 Å². The van der Waals surface area contributed by atoms with Crippen LogP contribution in [0, 0.1) is 34.6 Å². The molecule has 118 valence electrons. The van der Waals surface area contributed by atoms with Crippen molar-refractivity contribution in [3.8, 4) is 0 Å². The molecule has 0 aliphatic heterocycles. The Morgan fingerprint density at radius 1 is 1.00 bits per heavy atom. The van der Waals surface area contributed by atoms with Crippen molar-refractivity contribution >= 4 is 16.0 Å². The Kier molecular flexibility index (Phi) is 5.17. The number of rotatable bonds is 5. The lowest BCUT2D eigenvalue weighted by molar-refractivity contribution is -0.139. The molecule has 6 heteroatoms. The third-order valence-corrected chi connectivity index (χ3v) is 5.95. The molecule has 1 aromatic rings. The Labute approximate surface area is 126 Å². The van der Waals surface area contributed by atoms with Crippen molar-refractivity contribution in [2.75, 3.05) is 0 Å². The Bertz CT molecular complexity index is 648. The fourth-order valence-electron chi connectivity index (χ4n) is 2.42. The lowest BCUT2D eigenvalue weighted by Gasteiger charge is -2.20. The molecule has 0 saturated heterocycles. The number of carboxylic acids is 1. The largest absolute Gasteiger partial charge is 0.480 e. The number of hydrogen-bond acceptors (Lipinski definition) is 3. The number of carbonyl (C=O) groups is 1. The first-order valence-corrected chi connectivity index (χ1v) is 8.35. The molecule has 1 rings (SSSR count). The summed E-state index contributed by atoms with van der Waals surface area (Å²) in [4.78, 5) is 11.3. The zero-order valence-corrected chi connectivity index (χ0v) is 14.2. The van der Waals surface area contributed by atoms with Gasteiger partial charge in [0.1, 0.15) is 6.04 Å². The molecule has 0 spiro atoms. The van der Waals surface area contributed by atoms with Crippen LogP contribution in [0.4, 0.5) is 0 Å². The van der Waals surface area contributed by atoms with Crippen LogP contribution >= 0.6 is 0 Å². The van der Waals surface area contributed by atoms with Gasteiger partial charge in [-0.25, -0.2) is 8.42 Å². The lowest BCUT2D eigenvalue weighted by atomic mass is 9.95. The van der Waals surface area contributed by atoms with E-state index < -0.39 is 22.0 Å². The predicted molar refractivity (Wildman–Crippen MR) is 82.2 cm³/mol. The van der Waals surface area contributed by atoms with Crippen LogP contribution in [0.5, 0.6) is 0 Å². The quantitative estimate of drug-likeness (QED) is 0.874. The van der Waals surface area contributed by atoms with Crippen LogP contribution in [0.15, 0.2) is 4.90 Å². The summed E-state index contributed by atoms with van der Waals surface area (Å²) in [6.07, 6.45) is 0.191. The highest BCUT2D eigenvalue weighted by Crippen LogP contribution is 2.29. The first kappa shape index (κ1) is 17.7. The number of carboxylic acid groups (broad SMARTS) is 1. The summed E-state index contributed by atoms with van der Waals surface area (Å²) in [5.41, 5.74) is 4.24. The van der Waals surface area contributed by atoms with Crippen LogP contribution in [-0.2, 0) is 14.8 Å². The van der Waals surface area contributed by atoms with E-state index in [9.17, 15) is 13.2 Å². The summed E-state index contributed by atoms with van der Waals surface area (Å²) in [5, 5.41) is 9.05. The predicted octanol–water partition coefficient (Wildman–Crippen LogP) is 2.37. The van der Waals surface area contributed by atoms with Crippen molar-refractivity contribution in [3.05, 3.63) is 27.8 Å². The maximum Gasteiger partial charge on any atom is 0.321 e. The monoisotopic (exact) mass is 313 g/mol. The number of nitrogens with one attached hydrogen (secondary N) is 1. The average Bonchev–Trinajstić information content (AvgIpc) is 2.40. The molecule has 0 fully saturated rings. The van der Waals surface area contributed by atoms with Gasteiger partial charge in [0.05, 0.1) is 4.90 Å². The SMILES string of the molecule is CCC(NS(=O)(=O)c1c(C)c(C)c(C)c(C)c1C)C(=O)O. The molecular weight excluding hydrogens is 290 g/mol. The third kappa shape index (κ3) is 3.27. The molecule has 0 aromatic heterocycles. The molecule has 1 unspecified atom stereocenters. The van der Waals surface area contributed by atoms with Crippen LogP contribution in [0.3, 0.4) is 0 Å². The van der Waals surface area contributed by atoms with Gasteiger partial charge in [-0.1, -0.05) is 6.92 Å². The van der Waals surface area contributed by atoms with Crippen molar-refractivity contribution in [3.63, 3.8) is 0 Å². The highest BCUT2D eigenvalue weighted by Gasteiger charge is 2.28. The summed E-state index contributed by atoms with van der Waals surface area (Å²) < 4.78 is 27.5.